The van der Waals surface area contributed by atoms with E-state index in [1.54, 1.807) is 11.9 Å². The van der Waals surface area contributed by atoms with Crippen LogP contribution in [0.25, 0.3) is 0 Å². The van der Waals surface area contributed by atoms with Gasteiger partial charge in [-0.2, -0.15) is 0 Å². The van der Waals surface area contributed by atoms with Crippen LogP contribution in [0, 0.1) is 17.8 Å². The molecule has 0 spiro atoms. The molecule has 2 aliphatic rings. The van der Waals surface area contributed by atoms with E-state index >= 15 is 0 Å². The number of nitrogens with zero attached hydrogens (tertiary/aromatic N) is 1. The first-order valence-corrected chi connectivity index (χ1v) is 7.73. The van der Waals surface area contributed by atoms with Crippen LogP contribution >= 0.6 is 0 Å². The molecule has 2 saturated carbocycles. The van der Waals surface area contributed by atoms with Gasteiger partial charge in [0.2, 0.25) is 0 Å². The average molecular weight is 282 g/mol. The van der Waals surface area contributed by atoms with E-state index in [4.69, 9.17) is 0 Å². The number of aliphatic carboxylic acids is 1. The summed E-state index contributed by atoms with van der Waals surface area (Å²) in [4.78, 5) is 25.2. The van der Waals surface area contributed by atoms with E-state index in [1.165, 1.54) is 6.42 Å². The highest BCUT2D eigenvalue weighted by Gasteiger charge is 2.35. The van der Waals surface area contributed by atoms with E-state index in [9.17, 15) is 14.7 Å². The molecule has 2 fully saturated rings. The first-order chi connectivity index (χ1) is 9.49. The minimum Gasteiger partial charge on any atom is -0.481 e. The number of hydrogen-bond donors (Lipinski definition) is 2. The van der Waals surface area contributed by atoms with Crippen molar-refractivity contribution in [3.8, 4) is 0 Å². The van der Waals surface area contributed by atoms with Gasteiger partial charge in [0.15, 0.2) is 0 Å². The lowest BCUT2D eigenvalue weighted by atomic mass is 9.95. The van der Waals surface area contributed by atoms with Crippen molar-refractivity contribution in [1.29, 1.82) is 0 Å². The third-order valence-electron chi connectivity index (χ3n) is 4.77. The van der Waals surface area contributed by atoms with Crippen molar-refractivity contribution in [2.75, 3.05) is 13.6 Å². The minimum atomic E-state index is -0.782. The maximum Gasteiger partial charge on any atom is 0.317 e. The normalized spacial score (nSPS) is 33.1. The standard InChI is InChI=1S/C15H26N2O3/c1-10-8-11(10)9-17(2)15(20)16-13-7-5-3-4-6-12(13)14(18)19/h10-13H,3-9H2,1-2H3,(H,16,20)(H,18,19). The molecule has 0 saturated heterocycles. The predicted molar refractivity (Wildman–Crippen MR) is 76.4 cm³/mol. The Bertz CT molecular complexity index is 372. The highest BCUT2D eigenvalue weighted by atomic mass is 16.4. The lowest BCUT2D eigenvalue weighted by Gasteiger charge is -2.26. The minimum absolute atomic E-state index is 0.123. The SMILES string of the molecule is CC1CC1CN(C)C(=O)NC1CCCCCC1C(=O)O. The van der Waals surface area contributed by atoms with Crippen LogP contribution < -0.4 is 5.32 Å². The molecular weight excluding hydrogens is 256 g/mol. The Hall–Kier alpha value is -1.26. The second-order valence-electron chi connectivity index (χ2n) is 6.49. The number of nitrogens with one attached hydrogen (secondary N) is 1. The maximum absolute atomic E-state index is 12.2. The van der Waals surface area contributed by atoms with Gasteiger partial charge in [0.25, 0.3) is 0 Å². The molecule has 0 radical (unpaired) electrons. The van der Waals surface area contributed by atoms with Crippen LogP contribution in [0.2, 0.25) is 0 Å². The quantitative estimate of drug-likeness (QED) is 0.777. The Morgan fingerprint density at radius 1 is 1.25 bits per heavy atom. The monoisotopic (exact) mass is 282 g/mol. The van der Waals surface area contributed by atoms with Crippen molar-refractivity contribution >= 4 is 12.0 Å². The fourth-order valence-electron chi connectivity index (χ4n) is 3.13. The van der Waals surface area contributed by atoms with Crippen LogP contribution in [0.15, 0.2) is 0 Å². The Morgan fingerprint density at radius 2 is 1.90 bits per heavy atom. The molecule has 5 nitrogen and oxygen atoms in total. The predicted octanol–water partition coefficient (Wildman–Crippen LogP) is 2.32. The Labute approximate surface area is 120 Å². The highest BCUT2D eigenvalue weighted by Crippen LogP contribution is 2.38. The third kappa shape index (κ3) is 3.87. The van der Waals surface area contributed by atoms with Crippen LogP contribution in [0.3, 0.4) is 0 Å². The van der Waals surface area contributed by atoms with Gasteiger partial charge in [-0.3, -0.25) is 4.79 Å². The number of rotatable bonds is 4. The molecule has 0 aromatic heterocycles. The molecule has 20 heavy (non-hydrogen) atoms. The van der Waals surface area contributed by atoms with E-state index in [1.807, 2.05) is 0 Å². The lowest BCUT2D eigenvalue weighted by Crippen LogP contribution is -2.48. The van der Waals surface area contributed by atoms with Gasteiger partial charge < -0.3 is 15.3 Å². The van der Waals surface area contributed by atoms with E-state index in [0.29, 0.717) is 12.3 Å². The van der Waals surface area contributed by atoms with Crippen LogP contribution in [-0.4, -0.2) is 41.6 Å². The molecule has 0 bridgehead atoms. The fourth-order valence-corrected chi connectivity index (χ4v) is 3.13. The summed E-state index contributed by atoms with van der Waals surface area (Å²) >= 11 is 0. The number of amides is 2. The topological polar surface area (TPSA) is 69.6 Å². The largest absolute Gasteiger partial charge is 0.481 e. The van der Waals surface area contributed by atoms with E-state index in [-0.39, 0.29) is 12.1 Å². The number of carboxylic acids is 1. The zero-order valence-corrected chi connectivity index (χ0v) is 12.5. The Balaban J connectivity index is 1.88. The summed E-state index contributed by atoms with van der Waals surface area (Å²) in [6, 6.07) is -0.344. The summed E-state index contributed by atoms with van der Waals surface area (Å²) in [6.45, 7) is 2.97. The van der Waals surface area contributed by atoms with Crippen molar-refractivity contribution in [1.82, 2.24) is 10.2 Å². The van der Waals surface area contributed by atoms with E-state index < -0.39 is 11.9 Å². The van der Waals surface area contributed by atoms with Gasteiger partial charge in [-0.15, -0.1) is 0 Å². The van der Waals surface area contributed by atoms with Crippen molar-refractivity contribution in [2.24, 2.45) is 17.8 Å². The number of urea groups is 1. The van der Waals surface area contributed by atoms with Gasteiger partial charge in [-0.05, 0) is 31.1 Å². The molecule has 2 aliphatic carbocycles. The van der Waals surface area contributed by atoms with Crippen LogP contribution in [-0.2, 0) is 4.79 Å². The summed E-state index contributed by atoms with van der Waals surface area (Å²) in [5.74, 6) is 0.121. The summed E-state index contributed by atoms with van der Waals surface area (Å²) < 4.78 is 0. The molecule has 2 amide bonds. The third-order valence-corrected chi connectivity index (χ3v) is 4.77. The van der Waals surface area contributed by atoms with Gasteiger partial charge in [0.1, 0.15) is 0 Å². The number of carbonyl (C=O) groups is 2. The average Bonchev–Trinajstić information content (AvgIpc) is 3.11. The van der Waals surface area contributed by atoms with Crippen LogP contribution in [0.5, 0.6) is 0 Å². The number of carbonyl (C=O) groups excluding carboxylic acids is 1. The molecule has 0 aromatic carbocycles. The molecule has 0 heterocycles. The van der Waals surface area contributed by atoms with Crippen LogP contribution in [0.4, 0.5) is 4.79 Å². The zero-order valence-electron chi connectivity index (χ0n) is 12.5. The van der Waals surface area contributed by atoms with E-state index in [0.717, 1.165) is 38.1 Å². The van der Waals surface area contributed by atoms with Gasteiger partial charge in [0.05, 0.1) is 5.92 Å². The van der Waals surface area contributed by atoms with Crippen molar-refractivity contribution in [2.45, 2.75) is 51.5 Å². The summed E-state index contributed by atoms with van der Waals surface area (Å²) in [7, 11) is 1.80. The molecule has 2 N–H and O–H groups in total. The van der Waals surface area contributed by atoms with Crippen LogP contribution in [0.1, 0.15) is 45.4 Å². The second-order valence-corrected chi connectivity index (χ2v) is 6.49. The van der Waals surface area contributed by atoms with E-state index in [2.05, 4.69) is 12.2 Å². The van der Waals surface area contributed by atoms with Gasteiger partial charge in [-0.1, -0.05) is 26.2 Å². The lowest BCUT2D eigenvalue weighted by molar-refractivity contribution is -0.142. The molecule has 4 unspecified atom stereocenters. The molecule has 4 atom stereocenters. The highest BCUT2D eigenvalue weighted by molar-refractivity contribution is 5.76. The smallest absolute Gasteiger partial charge is 0.317 e. The zero-order chi connectivity index (χ0) is 14.7. The first kappa shape index (κ1) is 15.1. The maximum atomic E-state index is 12.2. The summed E-state index contributed by atoms with van der Waals surface area (Å²) in [5, 5.41) is 12.3. The van der Waals surface area contributed by atoms with Gasteiger partial charge >= 0.3 is 12.0 Å². The molecular formula is C15H26N2O3. The number of hydrogen-bond acceptors (Lipinski definition) is 2. The second kappa shape index (κ2) is 6.46. The molecule has 2 rings (SSSR count). The molecule has 5 heteroatoms. The number of carboxylic acid groups (broad SMARTS) is 1. The van der Waals surface area contributed by atoms with Crippen molar-refractivity contribution in [3.05, 3.63) is 0 Å². The Morgan fingerprint density at radius 3 is 2.50 bits per heavy atom. The fraction of sp³-hybridized carbons (Fsp3) is 0.867. The van der Waals surface area contributed by atoms with Gasteiger partial charge in [0, 0.05) is 19.6 Å². The van der Waals surface area contributed by atoms with Crippen molar-refractivity contribution < 1.29 is 14.7 Å². The first-order valence-electron chi connectivity index (χ1n) is 7.73. The molecule has 0 aliphatic heterocycles. The summed E-state index contributed by atoms with van der Waals surface area (Å²) in [5.41, 5.74) is 0. The Kier molecular flexibility index (Phi) is 4.89. The van der Waals surface area contributed by atoms with Crippen molar-refractivity contribution in [3.63, 3.8) is 0 Å². The van der Waals surface area contributed by atoms with Gasteiger partial charge in [-0.25, -0.2) is 4.79 Å². The molecule has 0 aromatic rings. The molecule has 114 valence electrons. The summed E-state index contributed by atoms with van der Waals surface area (Å²) in [6.07, 6.45) is 5.64.